The van der Waals surface area contributed by atoms with Gasteiger partial charge in [-0.3, -0.25) is 14.5 Å². The molecule has 2 N–H and O–H groups in total. The molecular weight excluding hydrogens is 486 g/mol. The summed E-state index contributed by atoms with van der Waals surface area (Å²) >= 11 is 0. The third-order valence-electron chi connectivity index (χ3n) is 6.62. The molecule has 3 aromatic carbocycles. The zero-order valence-electron chi connectivity index (χ0n) is 21.4. The molecule has 2 aliphatic heterocycles. The first-order valence-electron chi connectivity index (χ1n) is 12.6. The summed E-state index contributed by atoms with van der Waals surface area (Å²) in [6.07, 6.45) is 0.688. The van der Waals surface area contributed by atoms with Gasteiger partial charge < -0.3 is 24.4 Å². The predicted molar refractivity (Wildman–Crippen MR) is 142 cm³/mol. The van der Waals surface area contributed by atoms with E-state index in [2.05, 4.69) is 0 Å². The summed E-state index contributed by atoms with van der Waals surface area (Å²) in [5, 5.41) is 21.8. The molecule has 1 amide bonds. The van der Waals surface area contributed by atoms with Crippen molar-refractivity contribution in [3.05, 3.63) is 82.9 Å². The topological polar surface area (TPSA) is 106 Å². The van der Waals surface area contributed by atoms with E-state index >= 15 is 0 Å². The fourth-order valence-corrected chi connectivity index (χ4v) is 5.00. The largest absolute Gasteiger partial charge is 0.507 e. The van der Waals surface area contributed by atoms with Crippen molar-refractivity contribution in [1.29, 1.82) is 0 Å². The number of carbonyl (C=O) groups is 2. The van der Waals surface area contributed by atoms with Gasteiger partial charge >= 0.3 is 0 Å². The highest BCUT2D eigenvalue weighted by Gasteiger charge is 2.47. The Morgan fingerprint density at radius 3 is 2.58 bits per heavy atom. The van der Waals surface area contributed by atoms with Gasteiger partial charge in [-0.2, -0.15) is 0 Å². The van der Waals surface area contributed by atoms with Crippen molar-refractivity contribution in [3.8, 4) is 23.0 Å². The number of anilines is 1. The van der Waals surface area contributed by atoms with E-state index in [1.165, 1.54) is 11.0 Å². The Kier molecular flexibility index (Phi) is 6.72. The minimum atomic E-state index is -0.977. The van der Waals surface area contributed by atoms with Crippen LogP contribution in [-0.2, 0) is 16.0 Å². The number of hydrogen-bond donors (Lipinski definition) is 2. The first kappa shape index (κ1) is 25.2. The molecule has 8 nitrogen and oxygen atoms in total. The molecular formula is C30H29NO7. The van der Waals surface area contributed by atoms with Crippen LogP contribution in [0.5, 0.6) is 23.0 Å². The van der Waals surface area contributed by atoms with Gasteiger partial charge in [0.15, 0.2) is 11.5 Å². The maximum absolute atomic E-state index is 13.5. The summed E-state index contributed by atoms with van der Waals surface area (Å²) in [6.45, 7) is 6.34. The maximum atomic E-state index is 13.5. The molecule has 196 valence electrons. The summed E-state index contributed by atoms with van der Waals surface area (Å²) in [7, 11) is 0. The number of hydrogen-bond acceptors (Lipinski definition) is 7. The molecule has 2 aliphatic rings. The minimum Gasteiger partial charge on any atom is -0.507 e. The predicted octanol–water partition coefficient (Wildman–Crippen LogP) is 5.14. The van der Waals surface area contributed by atoms with E-state index in [0.29, 0.717) is 42.2 Å². The average molecular weight is 516 g/mol. The summed E-state index contributed by atoms with van der Waals surface area (Å²) in [6, 6.07) is 15.8. The Balaban J connectivity index is 1.69. The van der Waals surface area contributed by atoms with Crippen LogP contribution in [0.4, 0.5) is 5.69 Å². The van der Waals surface area contributed by atoms with Crippen LogP contribution in [0.2, 0.25) is 0 Å². The van der Waals surface area contributed by atoms with Gasteiger partial charge in [-0.25, -0.2) is 0 Å². The standard InChI is InChI=1S/C30H29NO7/c1-4-36-22-8-6-7-21(16-22)31-27(18-9-11-23(32)25(15-18)37-5-2)26(29(34)30(31)35)28(33)19-10-12-24-20(14-19)13-17(3)38-24/h6-12,14-17,27,32-33H,4-5,13H2,1-3H3/b28-26+. The van der Waals surface area contributed by atoms with Gasteiger partial charge in [0, 0.05) is 23.7 Å². The fourth-order valence-electron chi connectivity index (χ4n) is 5.00. The molecule has 0 aliphatic carbocycles. The van der Waals surface area contributed by atoms with Crippen molar-refractivity contribution in [2.75, 3.05) is 18.1 Å². The van der Waals surface area contributed by atoms with Crippen LogP contribution >= 0.6 is 0 Å². The number of amides is 1. The number of Topliss-reactive ketones (excluding diaryl/α,β-unsaturated/α-hetero) is 1. The molecule has 2 heterocycles. The number of carbonyl (C=O) groups excluding carboxylic acids is 2. The van der Waals surface area contributed by atoms with E-state index in [4.69, 9.17) is 14.2 Å². The minimum absolute atomic E-state index is 0.0135. The van der Waals surface area contributed by atoms with E-state index in [0.717, 1.165) is 11.3 Å². The number of benzene rings is 3. The number of fused-ring (bicyclic) bond motifs is 1. The first-order chi connectivity index (χ1) is 18.3. The molecule has 0 radical (unpaired) electrons. The van der Waals surface area contributed by atoms with E-state index in [1.54, 1.807) is 61.5 Å². The van der Waals surface area contributed by atoms with Crippen molar-refractivity contribution < 1.29 is 34.0 Å². The highest BCUT2D eigenvalue weighted by atomic mass is 16.5. The number of aliphatic hydroxyl groups is 1. The highest BCUT2D eigenvalue weighted by molar-refractivity contribution is 6.51. The molecule has 1 fully saturated rings. The second-order valence-electron chi connectivity index (χ2n) is 9.21. The zero-order valence-corrected chi connectivity index (χ0v) is 21.4. The van der Waals surface area contributed by atoms with Crippen molar-refractivity contribution in [1.82, 2.24) is 0 Å². The molecule has 2 unspecified atom stereocenters. The smallest absolute Gasteiger partial charge is 0.300 e. The lowest BCUT2D eigenvalue weighted by Gasteiger charge is -2.26. The number of aliphatic hydroxyl groups excluding tert-OH is 1. The Bertz CT molecular complexity index is 1440. The molecule has 0 bridgehead atoms. The van der Waals surface area contributed by atoms with Crippen LogP contribution in [0.25, 0.3) is 5.76 Å². The first-order valence-corrected chi connectivity index (χ1v) is 12.6. The second-order valence-corrected chi connectivity index (χ2v) is 9.21. The van der Waals surface area contributed by atoms with Gasteiger partial charge in [0.25, 0.3) is 11.7 Å². The summed E-state index contributed by atoms with van der Waals surface area (Å²) in [5.41, 5.74) is 2.20. The van der Waals surface area contributed by atoms with Crippen LogP contribution in [0.15, 0.2) is 66.2 Å². The molecule has 2 atom stereocenters. The molecule has 38 heavy (non-hydrogen) atoms. The SMILES string of the molecule is CCOc1cccc(N2C(=O)C(=O)/C(=C(/O)c3ccc4c(c3)CC(C)O4)C2c2ccc(O)c(OCC)c2)c1. The lowest BCUT2D eigenvalue weighted by molar-refractivity contribution is -0.132. The number of nitrogens with zero attached hydrogens (tertiary/aromatic N) is 1. The highest BCUT2D eigenvalue weighted by Crippen LogP contribution is 2.45. The van der Waals surface area contributed by atoms with Crippen LogP contribution < -0.4 is 19.1 Å². The fraction of sp³-hybridized carbons (Fsp3) is 0.267. The Morgan fingerprint density at radius 2 is 1.82 bits per heavy atom. The normalized spacial score (nSPS) is 19.8. The Hall–Kier alpha value is -4.46. The number of rotatable bonds is 7. The van der Waals surface area contributed by atoms with Crippen molar-refractivity contribution >= 4 is 23.1 Å². The van der Waals surface area contributed by atoms with Crippen LogP contribution in [0, 0.1) is 0 Å². The molecule has 8 heteroatoms. The van der Waals surface area contributed by atoms with Crippen LogP contribution in [0.1, 0.15) is 43.5 Å². The maximum Gasteiger partial charge on any atom is 0.300 e. The summed E-state index contributed by atoms with van der Waals surface area (Å²) in [5.74, 6) is -0.469. The van der Waals surface area contributed by atoms with E-state index in [1.807, 2.05) is 13.8 Å². The number of ketones is 1. The van der Waals surface area contributed by atoms with Gasteiger partial charge in [0.05, 0.1) is 24.8 Å². The number of aromatic hydroxyl groups is 1. The van der Waals surface area contributed by atoms with Gasteiger partial charge in [-0.15, -0.1) is 0 Å². The van der Waals surface area contributed by atoms with Crippen LogP contribution in [-0.4, -0.2) is 41.2 Å². The third-order valence-corrected chi connectivity index (χ3v) is 6.62. The van der Waals surface area contributed by atoms with Gasteiger partial charge in [-0.1, -0.05) is 12.1 Å². The molecule has 0 aromatic heterocycles. The third kappa shape index (κ3) is 4.42. The van der Waals surface area contributed by atoms with Crippen LogP contribution in [0.3, 0.4) is 0 Å². The van der Waals surface area contributed by atoms with Crippen molar-refractivity contribution in [3.63, 3.8) is 0 Å². The molecule has 3 aromatic rings. The molecule has 5 rings (SSSR count). The summed E-state index contributed by atoms with van der Waals surface area (Å²) in [4.78, 5) is 28.4. The average Bonchev–Trinajstić information content (AvgIpc) is 3.40. The van der Waals surface area contributed by atoms with Gasteiger partial charge in [0.2, 0.25) is 0 Å². The van der Waals surface area contributed by atoms with E-state index in [-0.39, 0.29) is 28.9 Å². The molecule has 0 saturated carbocycles. The Labute approximate surface area is 220 Å². The lowest BCUT2D eigenvalue weighted by atomic mass is 9.94. The van der Waals surface area contributed by atoms with Crippen molar-refractivity contribution in [2.24, 2.45) is 0 Å². The molecule has 0 spiro atoms. The van der Waals surface area contributed by atoms with Crippen molar-refractivity contribution in [2.45, 2.75) is 39.3 Å². The number of phenolic OH excluding ortho intramolecular Hbond substituents is 1. The quantitative estimate of drug-likeness (QED) is 0.255. The lowest BCUT2D eigenvalue weighted by Crippen LogP contribution is -2.29. The second kappa shape index (κ2) is 10.1. The number of phenols is 1. The van der Waals surface area contributed by atoms with Gasteiger partial charge in [-0.05, 0) is 74.4 Å². The monoisotopic (exact) mass is 515 g/mol. The molecule has 1 saturated heterocycles. The Morgan fingerprint density at radius 1 is 1.03 bits per heavy atom. The van der Waals surface area contributed by atoms with Gasteiger partial charge in [0.1, 0.15) is 23.4 Å². The number of ether oxygens (including phenoxy) is 3. The van der Waals surface area contributed by atoms with E-state index in [9.17, 15) is 19.8 Å². The zero-order chi connectivity index (χ0) is 27.0. The summed E-state index contributed by atoms with van der Waals surface area (Å²) < 4.78 is 17.0. The van der Waals surface area contributed by atoms with E-state index < -0.39 is 17.7 Å².